The zero-order valence-electron chi connectivity index (χ0n) is 15.2. The van der Waals surface area contributed by atoms with Gasteiger partial charge in [0.15, 0.2) is 16.5 Å². The van der Waals surface area contributed by atoms with Gasteiger partial charge in [-0.1, -0.05) is 12.1 Å². The molecule has 0 fully saturated rings. The summed E-state index contributed by atoms with van der Waals surface area (Å²) in [5.41, 5.74) is 2.64. The van der Waals surface area contributed by atoms with Gasteiger partial charge in [0.1, 0.15) is 5.82 Å². The van der Waals surface area contributed by atoms with E-state index in [1.54, 1.807) is 24.3 Å². The molecular formula is C19H17FN6O2S. The third kappa shape index (κ3) is 4.29. The van der Waals surface area contributed by atoms with Crippen LogP contribution in [0.4, 0.5) is 9.52 Å². The molecule has 0 aliphatic rings. The lowest BCUT2D eigenvalue weighted by Crippen LogP contribution is -2.18. The van der Waals surface area contributed by atoms with Crippen LogP contribution in [0.1, 0.15) is 16.2 Å². The number of anilines is 1. The van der Waals surface area contributed by atoms with Gasteiger partial charge in [0.05, 0.1) is 24.2 Å². The van der Waals surface area contributed by atoms with Gasteiger partial charge in [-0.25, -0.2) is 18.9 Å². The van der Waals surface area contributed by atoms with Gasteiger partial charge < -0.3 is 10.4 Å². The van der Waals surface area contributed by atoms with Crippen LogP contribution in [0.3, 0.4) is 0 Å². The molecule has 8 nitrogen and oxygen atoms in total. The molecule has 3 N–H and O–H groups in total. The molecule has 0 bridgehead atoms. The highest BCUT2D eigenvalue weighted by Gasteiger charge is 2.16. The third-order valence-electron chi connectivity index (χ3n) is 4.08. The second kappa shape index (κ2) is 8.43. The highest BCUT2D eigenvalue weighted by atomic mass is 32.1. The maximum Gasteiger partial charge on any atom is 0.277 e. The molecule has 3 heterocycles. The van der Waals surface area contributed by atoms with Crippen LogP contribution < -0.4 is 10.6 Å². The van der Waals surface area contributed by atoms with E-state index in [2.05, 4.69) is 25.7 Å². The number of aliphatic hydroxyl groups is 1. The summed E-state index contributed by atoms with van der Waals surface area (Å²) in [7, 11) is 0. The third-order valence-corrected chi connectivity index (χ3v) is 4.89. The lowest BCUT2D eigenvalue weighted by molar-refractivity contribution is 0.102. The SMILES string of the molecule is O=C(Nc1nc(CNCCO)cs1)c1cnc2ccc(-c3cccc(F)c3)nn12. The topological polar surface area (TPSA) is 104 Å². The van der Waals surface area contributed by atoms with Crippen LogP contribution in [-0.2, 0) is 6.54 Å². The summed E-state index contributed by atoms with van der Waals surface area (Å²) in [6.45, 7) is 1.02. The minimum Gasteiger partial charge on any atom is -0.395 e. The van der Waals surface area contributed by atoms with Crippen molar-refractivity contribution in [1.29, 1.82) is 0 Å². The maximum atomic E-state index is 13.5. The number of thiazole rings is 1. The van der Waals surface area contributed by atoms with E-state index in [4.69, 9.17) is 5.11 Å². The number of imidazole rings is 1. The molecule has 0 saturated heterocycles. The van der Waals surface area contributed by atoms with Gasteiger partial charge in [0.25, 0.3) is 5.91 Å². The van der Waals surface area contributed by atoms with Crippen LogP contribution >= 0.6 is 11.3 Å². The van der Waals surface area contributed by atoms with Crippen LogP contribution in [0.2, 0.25) is 0 Å². The predicted octanol–water partition coefficient (Wildman–Crippen LogP) is 2.33. The fraction of sp³-hybridized carbons (Fsp3) is 0.158. The average Bonchev–Trinajstić information content (AvgIpc) is 3.34. The Balaban J connectivity index is 1.55. The van der Waals surface area contributed by atoms with Crippen molar-refractivity contribution in [2.24, 2.45) is 0 Å². The zero-order chi connectivity index (χ0) is 20.2. The second-order valence-electron chi connectivity index (χ2n) is 6.14. The summed E-state index contributed by atoms with van der Waals surface area (Å²) in [6.07, 6.45) is 1.43. The first kappa shape index (κ1) is 19.1. The fourth-order valence-electron chi connectivity index (χ4n) is 2.73. The van der Waals surface area contributed by atoms with Crippen molar-refractivity contribution in [3.63, 3.8) is 0 Å². The highest BCUT2D eigenvalue weighted by Crippen LogP contribution is 2.20. The summed E-state index contributed by atoms with van der Waals surface area (Å²) in [5, 5.41) is 21.3. The van der Waals surface area contributed by atoms with E-state index in [0.29, 0.717) is 35.1 Å². The molecule has 0 spiro atoms. The fourth-order valence-corrected chi connectivity index (χ4v) is 3.44. The van der Waals surface area contributed by atoms with Gasteiger partial charge in [0.2, 0.25) is 0 Å². The number of hydrogen-bond acceptors (Lipinski definition) is 7. The molecule has 0 radical (unpaired) electrons. The number of benzene rings is 1. The first-order valence-corrected chi connectivity index (χ1v) is 9.70. The van der Waals surface area contributed by atoms with Gasteiger partial charge in [-0.15, -0.1) is 11.3 Å². The number of hydrogen-bond donors (Lipinski definition) is 3. The zero-order valence-corrected chi connectivity index (χ0v) is 16.0. The number of carbonyl (C=O) groups is 1. The molecule has 4 rings (SSSR count). The summed E-state index contributed by atoms with van der Waals surface area (Å²) in [4.78, 5) is 21.2. The maximum absolute atomic E-state index is 13.5. The molecule has 0 saturated carbocycles. The predicted molar refractivity (Wildman–Crippen MR) is 107 cm³/mol. The van der Waals surface area contributed by atoms with Crippen LogP contribution in [-0.4, -0.2) is 43.7 Å². The largest absolute Gasteiger partial charge is 0.395 e. The summed E-state index contributed by atoms with van der Waals surface area (Å²) >= 11 is 1.30. The van der Waals surface area contributed by atoms with Crippen molar-refractivity contribution < 1.29 is 14.3 Å². The minimum absolute atomic E-state index is 0.0482. The van der Waals surface area contributed by atoms with Crippen molar-refractivity contribution >= 4 is 28.0 Å². The van der Waals surface area contributed by atoms with Crippen LogP contribution in [0.25, 0.3) is 16.9 Å². The van der Waals surface area contributed by atoms with Crippen molar-refractivity contribution in [2.45, 2.75) is 6.54 Å². The number of aromatic nitrogens is 4. The molecule has 0 unspecified atom stereocenters. The van der Waals surface area contributed by atoms with E-state index in [1.165, 1.54) is 34.2 Å². The monoisotopic (exact) mass is 412 g/mol. The molecule has 1 amide bonds. The van der Waals surface area contributed by atoms with Crippen molar-refractivity contribution in [1.82, 2.24) is 24.9 Å². The summed E-state index contributed by atoms with van der Waals surface area (Å²) in [6, 6.07) is 9.54. The summed E-state index contributed by atoms with van der Waals surface area (Å²) < 4.78 is 14.9. The Hall–Kier alpha value is -3.21. The van der Waals surface area contributed by atoms with Crippen molar-refractivity contribution in [2.75, 3.05) is 18.5 Å². The van der Waals surface area contributed by atoms with Crippen LogP contribution in [0, 0.1) is 5.82 Å². The number of amides is 1. The van der Waals surface area contributed by atoms with Crippen LogP contribution in [0.5, 0.6) is 0 Å². The Labute approximate surface area is 169 Å². The number of nitrogens with zero attached hydrogens (tertiary/aromatic N) is 4. The molecule has 1 aromatic carbocycles. The van der Waals surface area contributed by atoms with Gasteiger partial charge in [0, 0.05) is 24.0 Å². The van der Waals surface area contributed by atoms with Gasteiger partial charge in [-0.3, -0.25) is 10.1 Å². The molecule has 148 valence electrons. The van der Waals surface area contributed by atoms with E-state index in [-0.39, 0.29) is 18.1 Å². The second-order valence-corrected chi connectivity index (χ2v) is 7.00. The normalized spacial score (nSPS) is 11.1. The molecule has 3 aromatic heterocycles. The van der Waals surface area contributed by atoms with E-state index >= 15 is 0 Å². The number of aliphatic hydroxyl groups excluding tert-OH is 1. The first-order chi connectivity index (χ1) is 14.1. The smallest absolute Gasteiger partial charge is 0.277 e. The Bertz CT molecular complexity index is 1160. The Morgan fingerprint density at radius 2 is 2.17 bits per heavy atom. The van der Waals surface area contributed by atoms with Gasteiger partial charge in [-0.05, 0) is 24.3 Å². The minimum atomic E-state index is -0.398. The van der Waals surface area contributed by atoms with Crippen molar-refractivity contribution in [3.05, 3.63) is 65.2 Å². The number of halogens is 1. The number of carbonyl (C=O) groups excluding carboxylic acids is 1. The Kier molecular flexibility index (Phi) is 5.56. The average molecular weight is 412 g/mol. The molecule has 0 aliphatic heterocycles. The number of fused-ring (bicyclic) bond motifs is 1. The van der Waals surface area contributed by atoms with Crippen molar-refractivity contribution in [3.8, 4) is 11.3 Å². The molecule has 0 atom stereocenters. The lowest BCUT2D eigenvalue weighted by Gasteiger charge is -2.05. The van der Waals surface area contributed by atoms with Gasteiger partial charge >= 0.3 is 0 Å². The van der Waals surface area contributed by atoms with Gasteiger partial charge in [-0.2, -0.15) is 5.10 Å². The first-order valence-electron chi connectivity index (χ1n) is 8.82. The molecule has 10 heteroatoms. The van der Waals surface area contributed by atoms with Crippen LogP contribution in [0.15, 0.2) is 48.0 Å². The molecule has 4 aromatic rings. The molecule has 29 heavy (non-hydrogen) atoms. The van der Waals surface area contributed by atoms with E-state index in [9.17, 15) is 9.18 Å². The van der Waals surface area contributed by atoms with E-state index in [0.717, 1.165) is 5.69 Å². The lowest BCUT2D eigenvalue weighted by atomic mass is 10.1. The standard InChI is InChI=1S/C19H17FN6O2S/c20-13-3-1-2-12(8-13)15-4-5-17-22-10-16(26(17)25-15)18(28)24-19-23-14(11-29-19)9-21-6-7-27/h1-5,8,10-11,21,27H,6-7,9H2,(H,23,24,28). The van der Waals surface area contributed by atoms with E-state index in [1.807, 2.05) is 5.38 Å². The van der Waals surface area contributed by atoms with E-state index < -0.39 is 5.91 Å². The quantitative estimate of drug-likeness (QED) is 0.403. The molecule has 0 aliphatic carbocycles. The highest BCUT2D eigenvalue weighted by molar-refractivity contribution is 7.13. The summed E-state index contributed by atoms with van der Waals surface area (Å²) in [5.74, 6) is -0.758. The Morgan fingerprint density at radius 1 is 1.28 bits per heavy atom. The Morgan fingerprint density at radius 3 is 3.00 bits per heavy atom. The number of rotatable bonds is 7. The number of nitrogens with one attached hydrogen (secondary N) is 2. The molecular weight excluding hydrogens is 395 g/mol.